The molecule has 20 heavy (non-hydrogen) atoms. The first-order valence-electron chi connectivity index (χ1n) is 6.54. The second-order valence-electron chi connectivity index (χ2n) is 4.95. The lowest BCUT2D eigenvalue weighted by atomic mass is 10.1. The fourth-order valence-electron chi connectivity index (χ4n) is 2.56. The summed E-state index contributed by atoms with van der Waals surface area (Å²) in [5, 5.41) is 0. The Morgan fingerprint density at radius 1 is 1.45 bits per heavy atom. The maximum atomic E-state index is 12.4. The number of hydrogen-bond acceptors (Lipinski definition) is 4. The van der Waals surface area contributed by atoms with Gasteiger partial charge in [0, 0.05) is 10.5 Å². The Hall–Kier alpha value is -0.630. The van der Waals surface area contributed by atoms with E-state index >= 15 is 0 Å². The topological polar surface area (TPSA) is 81.4 Å². The first-order chi connectivity index (χ1) is 9.47. The van der Waals surface area contributed by atoms with Gasteiger partial charge in [-0.15, -0.1) is 0 Å². The molecule has 1 saturated carbocycles. The molecule has 0 aliphatic heterocycles. The zero-order valence-corrected chi connectivity index (χ0v) is 13.7. The summed E-state index contributed by atoms with van der Waals surface area (Å²) in [4.78, 5) is 0.223. The molecule has 0 aromatic heterocycles. The van der Waals surface area contributed by atoms with Gasteiger partial charge in [-0.05, 0) is 59.4 Å². The summed E-state index contributed by atoms with van der Waals surface area (Å²) in [5.41, 5.74) is 5.69. The van der Waals surface area contributed by atoms with Gasteiger partial charge in [0.15, 0.2) is 0 Å². The van der Waals surface area contributed by atoms with Crippen LogP contribution in [0.5, 0.6) is 5.75 Å². The van der Waals surface area contributed by atoms with Crippen LogP contribution in [0.1, 0.15) is 19.3 Å². The third-order valence-corrected chi connectivity index (χ3v) is 6.16. The van der Waals surface area contributed by atoms with Crippen LogP contribution < -0.4 is 15.2 Å². The lowest BCUT2D eigenvalue weighted by molar-refractivity contribution is 0.414. The van der Waals surface area contributed by atoms with Gasteiger partial charge in [-0.3, -0.25) is 0 Å². The van der Waals surface area contributed by atoms with E-state index in [4.69, 9.17) is 10.5 Å². The summed E-state index contributed by atoms with van der Waals surface area (Å²) in [6, 6.07) is 4.74. The van der Waals surface area contributed by atoms with E-state index in [-0.39, 0.29) is 16.9 Å². The van der Waals surface area contributed by atoms with E-state index in [2.05, 4.69) is 20.7 Å². The van der Waals surface area contributed by atoms with Gasteiger partial charge < -0.3 is 10.5 Å². The fraction of sp³-hybridized carbons (Fsp3) is 0.538. The van der Waals surface area contributed by atoms with Gasteiger partial charge in [-0.2, -0.15) is 0 Å². The molecule has 0 amide bonds. The summed E-state index contributed by atoms with van der Waals surface area (Å²) >= 11 is 3.28. The Labute approximate surface area is 128 Å². The molecule has 0 saturated heterocycles. The quantitative estimate of drug-likeness (QED) is 0.837. The van der Waals surface area contributed by atoms with Crippen molar-refractivity contribution >= 4 is 26.0 Å². The highest BCUT2D eigenvalue weighted by atomic mass is 79.9. The monoisotopic (exact) mass is 362 g/mol. The van der Waals surface area contributed by atoms with Crippen molar-refractivity contribution in [2.75, 3.05) is 13.7 Å². The van der Waals surface area contributed by atoms with Crippen LogP contribution in [0, 0.1) is 5.92 Å². The number of hydrogen-bond donors (Lipinski definition) is 2. The smallest absolute Gasteiger partial charge is 0.241 e. The highest BCUT2D eigenvalue weighted by Crippen LogP contribution is 2.29. The van der Waals surface area contributed by atoms with Crippen LogP contribution in [0.25, 0.3) is 0 Å². The van der Waals surface area contributed by atoms with E-state index in [1.165, 1.54) is 6.07 Å². The molecule has 0 radical (unpaired) electrons. The number of nitrogens with two attached hydrogens (primary N) is 1. The van der Waals surface area contributed by atoms with Gasteiger partial charge in [-0.1, -0.05) is 6.42 Å². The van der Waals surface area contributed by atoms with Crippen molar-refractivity contribution in [2.45, 2.75) is 30.2 Å². The Kier molecular flexibility index (Phi) is 5.06. The average Bonchev–Trinajstić information content (AvgIpc) is 2.84. The minimum absolute atomic E-state index is 0.0704. The van der Waals surface area contributed by atoms with Crippen molar-refractivity contribution in [1.29, 1.82) is 0 Å². The molecular weight excluding hydrogens is 344 g/mol. The average molecular weight is 363 g/mol. The summed E-state index contributed by atoms with van der Waals surface area (Å²) in [7, 11) is -2.01. The highest BCUT2D eigenvalue weighted by Gasteiger charge is 2.31. The number of benzene rings is 1. The van der Waals surface area contributed by atoms with Crippen LogP contribution in [-0.2, 0) is 10.0 Å². The largest absolute Gasteiger partial charge is 0.497 e. The Morgan fingerprint density at radius 3 is 2.80 bits per heavy atom. The predicted octanol–water partition coefficient (Wildman–Crippen LogP) is 1.86. The molecule has 2 rings (SSSR count). The van der Waals surface area contributed by atoms with Crippen LogP contribution in [0.3, 0.4) is 0 Å². The highest BCUT2D eigenvalue weighted by molar-refractivity contribution is 9.10. The zero-order chi connectivity index (χ0) is 14.8. The van der Waals surface area contributed by atoms with Crippen molar-refractivity contribution in [3.05, 3.63) is 22.7 Å². The van der Waals surface area contributed by atoms with E-state index in [9.17, 15) is 8.42 Å². The normalized spacial score (nSPS) is 22.9. The number of sulfonamides is 1. The molecule has 0 bridgehead atoms. The molecule has 7 heteroatoms. The van der Waals surface area contributed by atoms with Gasteiger partial charge in [0.05, 0.1) is 12.0 Å². The Bertz CT molecular complexity index is 577. The van der Waals surface area contributed by atoms with Crippen LogP contribution >= 0.6 is 15.9 Å². The summed E-state index contributed by atoms with van der Waals surface area (Å²) in [5.74, 6) is 0.832. The molecule has 0 spiro atoms. The predicted molar refractivity (Wildman–Crippen MR) is 81.2 cm³/mol. The minimum Gasteiger partial charge on any atom is -0.497 e. The SMILES string of the molecule is COc1ccc(S(=O)(=O)NC2CCCC2CN)c(Br)c1. The van der Waals surface area contributed by atoms with Crippen LogP contribution in [0.4, 0.5) is 0 Å². The van der Waals surface area contributed by atoms with Crippen LogP contribution in [0.2, 0.25) is 0 Å². The molecule has 1 aromatic carbocycles. The van der Waals surface area contributed by atoms with E-state index in [0.29, 0.717) is 16.8 Å². The van der Waals surface area contributed by atoms with Gasteiger partial charge >= 0.3 is 0 Å². The molecule has 2 unspecified atom stereocenters. The first-order valence-corrected chi connectivity index (χ1v) is 8.81. The molecule has 5 nitrogen and oxygen atoms in total. The zero-order valence-electron chi connectivity index (χ0n) is 11.3. The van der Waals surface area contributed by atoms with Crippen LogP contribution in [-0.4, -0.2) is 28.1 Å². The molecule has 1 fully saturated rings. The number of methoxy groups -OCH3 is 1. The Morgan fingerprint density at radius 2 is 2.20 bits per heavy atom. The second-order valence-corrected chi connectivity index (χ2v) is 7.49. The van der Waals surface area contributed by atoms with Gasteiger partial charge in [0.2, 0.25) is 10.0 Å². The van der Waals surface area contributed by atoms with E-state index in [1.807, 2.05) is 0 Å². The van der Waals surface area contributed by atoms with Gasteiger partial charge in [0.1, 0.15) is 5.75 Å². The lowest BCUT2D eigenvalue weighted by Gasteiger charge is -2.20. The van der Waals surface area contributed by atoms with Crippen molar-refractivity contribution < 1.29 is 13.2 Å². The summed E-state index contributed by atoms with van der Waals surface area (Å²) in [6.45, 7) is 0.511. The standard InChI is InChI=1S/C13H19BrN2O3S/c1-19-10-5-6-13(11(14)7-10)20(17,18)16-12-4-2-3-9(12)8-15/h5-7,9,12,16H,2-4,8,15H2,1H3. The Balaban J connectivity index is 2.22. The minimum atomic E-state index is -3.55. The molecule has 1 aliphatic carbocycles. The van der Waals surface area contributed by atoms with Gasteiger partial charge in [-0.25, -0.2) is 13.1 Å². The molecule has 112 valence electrons. The van der Waals surface area contributed by atoms with Crippen molar-refractivity contribution in [3.63, 3.8) is 0 Å². The molecule has 1 aliphatic rings. The van der Waals surface area contributed by atoms with Crippen molar-refractivity contribution in [1.82, 2.24) is 4.72 Å². The first kappa shape index (κ1) is 15.8. The van der Waals surface area contributed by atoms with E-state index in [1.54, 1.807) is 19.2 Å². The summed E-state index contributed by atoms with van der Waals surface area (Å²) in [6.07, 6.45) is 2.83. The van der Waals surface area contributed by atoms with Gasteiger partial charge in [0.25, 0.3) is 0 Å². The number of ether oxygens (including phenoxy) is 1. The summed E-state index contributed by atoms with van der Waals surface area (Å²) < 4.78 is 33.2. The van der Waals surface area contributed by atoms with Crippen LogP contribution in [0.15, 0.2) is 27.6 Å². The molecule has 3 N–H and O–H groups in total. The van der Waals surface area contributed by atoms with Crippen molar-refractivity contribution in [3.8, 4) is 5.75 Å². The lowest BCUT2D eigenvalue weighted by Crippen LogP contribution is -2.39. The number of halogens is 1. The third-order valence-electron chi connectivity index (χ3n) is 3.70. The number of rotatable bonds is 5. The fourth-order valence-corrected chi connectivity index (χ4v) is 4.96. The third kappa shape index (κ3) is 3.33. The maximum Gasteiger partial charge on any atom is 0.241 e. The number of nitrogens with one attached hydrogen (secondary N) is 1. The molecule has 0 heterocycles. The van der Waals surface area contributed by atoms with E-state index in [0.717, 1.165) is 19.3 Å². The molecule has 1 aromatic rings. The molecule has 2 atom stereocenters. The van der Waals surface area contributed by atoms with E-state index < -0.39 is 10.0 Å². The maximum absolute atomic E-state index is 12.4. The molecular formula is C13H19BrN2O3S. The second kappa shape index (κ2) is 6.43. The van der Waals surface area contributed by atoms with Crippen molar-refractivity contribution in [2.24, 2.45) is 11.7 Å².